The number of nitrogens with two attached hydrogens (primary N) is 1. The van der Waals surface area contributed by atoms with Crippen LogP contribution in [-0.2, 0) is 9.53 Å². The van der Waals surface area contributed by atoms with Crippen molar-refractivity contribution in [1.29, 1.82) is 0 Å². The summed E-state index contributed by atoms with van der Waals surface area (Å²) in [5, 5.41) is 8.68. The highest BCUT2D eigenvalue weighted by atomic mass is 35.5. The number of halogens is 2. The lowest BCUT2D eigenvalue weighted by Gasteiger charge is -2.34. The molecule has 0 bridgehead atoms. The second-order valence-electron chi connectivity index (χ2n) is 6.83. The largest absolute Gasteiger partial charge is 0.377 e. The maximum absolute atomic E-state index is 12.7. The number of pyridine rings is 1. The number of benzene rings is 1. The molecule has 0 saturated carbocycles. The molecule has 1 fully saturated rings. The molecule has 1 unspecified atom stereocenters. The first-order valence-electron chi connectivity index (χ1n) is 9.41. The summed E-state index contributed by atoms with van der Waals surface area (Å²) in [4.78, 5) is 18.9. The van der Waals surface area contributed by atoms with Gasteiger partial charge in [-0.25, -0.2) is 4.68 Å². The van der Waals surface area contributed by atoms with Gasteiger partial charge in [0.1, 0.15) is 6.04 Å². The number of ether oxygens (including phenoxy) is 1. The summed E-state index contributed by atoms with van der Waals surface area (Å²) in [5.74, 6) is 0.659. The minimum absolute atomic E-state index is 0. The normalized spacial score (nSPS) is 15.9. The van der Waals surface area contributed by atoms with E-state index in [1.165, 1.54) is 5.56 Å². The third-order valence-corrected chi connectivity index (χ3v) is 4.89. The molecule has 0 aliphatic carbocycles. The molecule has 3 aromatic rings. The number of carbonyl (C=O) groups excluding carboxylic acids is 1. The van der Waals surface area contributed by atoms with Gasteiger partial charge in [0.25, 0.3) is 0 Å². The molecule has 2 aromatic heterocycles. The summed E-state index contributed by atoms with van der Waals surface area (Å²) in [6.45, 7) is 4.34. The molecule has 1 amide bonds. The number of amides is 1. The van der Waals surface area contributed by atoms with Gasteiger partial charge in [-0.1, -0.05) is 17.7 Å². The first kappa shape index (κ1) is 23.9. The van der Waals surface area contributed by atoms with Gasteiger partial charge < -0.3 is 20.7 Å². The van der Waals surface area contributed by atoms with Gasteiger partial charge in [-0.2, -0.15) is 0 Å². The van der Waals surface area contributed by atoms with E-state index >= 15 is 0 Å². The molecular formula is C20H26Cl2N6O2. The van der Waals surface area contributed by atoms with Gasteiger partial charge in [-0.15, -0.1) is 29.9 Å². The maximum atomic E-state index is 12.7. The first-order chi connectivity index (χ1) is 13.7. The van der Waals surface area contributed by atoms with Crippen LogP contribution in [0.3, 0.4) is 0 Å². The van der Waals surface area contributed by atoms with Crippen molar-refractivity contribution in [3.63, 3.8) is 0 Å². The summed E-state index contributed by atoms with van der Waals surface area (Å²) < 4.78 is 7.45. The molecule has 4 rings (SSSR count). The van der Waals surface area contributed by atoms with E-state index in [0.29, 0.717) is 32.8 Å². The van der Waals surface area contributed by atoms with Crippen LogP contribution in [0.4, 0.5) is 5.82 Å². The van der Waals surface area contributed by atoms with E-state index in [1.807, 2.05) is 27.8 Å². The molecule has 30 heavy (non-hydrogen) atoms. The van der Waals surface area contributed by atoms with Crippen LogP contribution < -0.4 is 16.0 Å². The number of morpholine rings is 1. The molecule has 3 heterocycles. The van der Waals surface area contributed by atoms with Crippen LogP contribution in [-0.4, -0.2) is 59.6 Å². The number of hydrogen-bond donors (Lipinski definition) is 2. The second-order valence-corrected chi connectivity index (χ2v) is 6.83. The van der Waals surface area contributed by atoms with Crippen LogP contribution >= 0.6 is 24.8 Å². The zero-order valence-electron chi connectivity index (χ0n) is 16.7. The van der Waals surface area contributed by atoms with Crippen molar-refractivity contribution in [2.45, 2.75) is 13.0 Å². The van der Waals surface area contributed by atoms with Crippen molar-refractivity contribution < 1.29 is 9.53 Å². The van der Waals surface area contributed by atoms with Gasteiger partial charge in [-0.3, -0.25) is 9.78 Å². The Balaban J connectivity index is 0.00000160. The van der Waals surface area contributed by atoms with Crippen molar-refractivity contribution in [2.24, 2.45) is 5.73 Å². The molecule has 162 valence electrons. The number of carbonyl (C=O) groups is 1. The van der Waals surface area contributed by atoms with E-state index < -0.39 is 6.04 Å². The van der Waals surface area contributed by atoms with Crippen molar-refractivity contribution in [3.05, 3.63) is 48.3 Å². The molecule has 1 aromatic carbocycles. The lowest BCUT2D eigenvalue weighted by Crippen LogP contribution is -2.54. The van der Waals surface area contributed by atoms with E-state index in [0.717, 1.165) is 22.4 Å². The molecule has 1 saturated heterocycles. The van der Waals surface area contributed by atoms with Gasteiger partial charge in [0.05, 0.1) is 30.6 Å². The molecular weight excluding hydrogens is 427 g/mol. The fourth-order valence-corrected chi connectivity index (χ4v) is 3.43. The fourth-order valence-electron chi connectivity index (χ4n) is 3.43. The number of nitrogens with zero attached hydrogens (tertiary/aromatic N) is 4. The van der Waals surface area contributed by atoms with E-state index in [-0.39, 0.29) is 30.7 Å². The Morgan fingerprint density at radius 3 is 2.77 bits per heavy atom. The van der Waals surface area contributed by atoms with E-state index in [1.54, 1.807) is 12.4 Å². The molecule has 1 aliphatic heterocycles. The van der Waals surface area contributed by atoms with Crippen molar-refractivity contribution in [2.75, 3.05) is 37.7 Å². The first-order valence-corrected chi connectivity index (χ1v) is 9.41. The number of rotatable bonds is 5. The zero-order chi connectivity index (χ0) is 19.5. The van der Waals surface area contributed by atoms with Crippen molar-refractivity contribution in [1.82, 2.24) is 20.1 Å². The SMILES string of the molecule is Cc1ccc(-n2nc(N3CCOCC3C(=O)NCCN)c3ccncc32)cc1.Cl.Cl. The Hall–Kier alpha value is -2.39. The summed E-state index contributed by atoms with van der Waals surface area (Å²) in [6, 6.07) is 9.66. The minimum atomic E-state index is -0.446. The Morgan fingerprint density at radius 2 is 2.03 bits per heavy atom. The maximum Gasteiger partial charge on any atom is 0.245 e. The number of fused-ring (bicyclic) bond motifs is 1. The summed E-state index contributed by atoms with van der Waals surface area (Å²) in [7, 11) is 0. The predicted octanol–water partition coefficient (Wildman–Crippen LogP) is 1.85. The zero-order valence-corrected chi connectivity index (χ0v) is 18.3. The molecule has 3 N–H and O–H groups in total. The van der Waals surface area contributed by atoms with Gasteiger partial charge in [0, 0.05) is 31.2 Å². The predicted molar refractivity (Wildman–Crippen MR) is 122 cm³/mol. The van der Waals surface area contributed by atoms with Crippen LogP contribution in [0, 0.1) is 6.92 Å². The molecule has 10 heteroatoms. The van der Waals surface area contributed by atoms with Crippen molar-refractivity contribution in [3.8, 4) is 5.69 Å². The molecule has 0 spiro atoms. The highest BCUT2D eigenvalue weighted by molar-refractivity contribution is 5.94. The Morgan fingerprint density at radius 1 is 1.27 bits per heavy atom. The number of hydrogen-bond acceptors (Lipinski definition) is 6. The minimum Gasteiger partial charge on any atom is -0.377 e. The van der Waals surface area contributed by atoms with Crippen LogP contribution in [0.2, 0.25) is 0 Å². The topological polar surface area (TPSA) is 98.3 Å². The Labute approximate surface area is 187 Å². The third kappa shape index (κ3) is 4.67. The quantitative estimate of drug-likeness (QED) is 0.612. The summed E-state index contributed by atoms with van der Waals surface area (Å²) in [5.41, 5.74) is 8.55. The van der Waals surface area contributed by atoms with E-state index in [2.05, 4.69) is 29.4 Å². The van der Waals surface area contributed by atoms with Gasteiger partial charge >= 0.3 is 0 Å². The second kappa shape index (κ2) is 10.6. The average Bonchev–Trinajstić information content (AvgIpc) is 3.12. The van der Waals surface area contributed by atoms with Gasteiger partial charge in [0.2, 0.25) is 5.91 Å². The molecule has 0 radical (unpaired) electrons. The smallest absolute Gasteiger partial charge is 0.245 e. The summed E-state index contributed by atoms with van der Waals surface area (Å²) >= 11 is 0. The van der Waals surface area contributed by atoms with E-state index in [4.69, 9.17) is 15.6 Å². The van der Waals surface area contributed by atoms with Crippen molar-refractivity contribution >= 4 is 47.4 Å². The van der Waals surface area contributed by atoms with Crippen LogP contribution in [0.1, 0.15) is 5.56 Å². The fraction of sp³-hybridized carbons (Fsp3) is 0.350. The standard InChI is InChI=1S/C20H24N6O2.2ClH/c1-14-2-4-15(5-3-14)26-17-12-22-8-6-16(17)19(24-26)25-10-11-28-13-18(25)20(27)23-9-7-21;;/h2-6,8,12,18H,7,9-11,13,21H2,1H3,(H,23,27);2*1H. The number of aryl methyl sites for hydroxylation is 1. The van der Waals surface area contributed by atoms with Crippen LogP contribution in [0.25, 0.3) is 16.6 Å². The number of nitrogens with one attached hydrogen (secondary N) is 1. The monoisotopic (exact) mass is 452 g/mol. The number of anilines is 1. The Bertz CT molecular complexity index is 979. The summed E-state index contributed by atoms with van der Waals surface area (Å²) in [6.07, 6.45) is 3.55. The molecule has 1 aliphatic rings. The average molecular weight is 453 g/mol. The molecule has 1 atom stereocenters. The van der Waals surface area contributed by atoms with Crippen LogP contribution in [0.15, 0.2) is 42.7 Å². The van der Waals surface area contributed by atoms with Gasteiger partial charge in [0.15, 0.2) is 5.82 Å². The lowest BCUT2D eigenvalue weighted by atomic mass is 10.2. The third-order valence-electron chi connectivity index (χ3n) is 4.89. The lowest BCUT2D eigenvalue weighted by molar-refractivity contribution is -0.124. The molecule has 8 nitrogen and oxygen atoms in total. The highest BCUT2D eigenvalue weighted by Gasteiger charge is 2.32. The highest BCUT2D eigenvalue weighted by Crippen LogP contribution is 2.30. The van der Waals surface area contributed by atoms with E-state index in [9.17, 15) is 4.79 Å². The Kier molecular flexibility index (Phi) is 8.43. The number of aromatic nitrogens is 3. The van der Waals surface area contributed by atoms with Gasteiger partial charge in [-0.05, 0) is 25.1 Å². The van der Waals surface area contributed by atoms with Crippen LogP contribution in [0.5, 0.6) is 0 Å².